The number of sulfone groups is 1. The van der Waals surface area contributed by atoms with E-state index in [1.54, 1.807) is 0 Å². The molecule has 1 N–H and O–H groups in total. The minimum atomic E-state index is -3.85. The summed E-state index contributed by atoms with van der Waals surface area (Å²) in [6.07, 6.45) is 0. The minimum Gasteiger partial charge on any atom is -0.411 e. The van der Waals surface area contributed by atoms with Gasteiger partial charge in [-0.15, -0.1) is 5.10 Å². The molecule has 2 aromatic rings. The van der Waals surface area contributed by atoms with Gasteiger partial charge >= 0.3 is 5.22 Å². The fraction of sp³-hybridized carbons (Fsp3) is 0.250. The molecule has 0 fully saturated rings. The standard InChI is InChI=1S/C12H11Cl2N3O4S/c1-7(18)15-5-11-16-17-12(21-11)22(19,20)6-8-2-3-9(13)4-10(8)14/h2-4H,5-6H2,1H3,(H,15,18). The molecule has 0 radical (unpaired) electrons. The average molecular weight is 364 g/mol. The maximum absolute atomic E-state index is 12.2. The first-order valence-electron chi connectivity index (χ1n) is 6.01. The summed E-state index contributed by atoms with van der Waals surface area (Å²) >= 11 is 11.7. The molecule has 0 aliphatic rings. The van der Waals surface area contributed by atoms with E-state index in [0.717, 1.165) is 0 Å². The third-order valence-electron chi connectivity index (χ3n) is 2.56. The van der Waals surface area contributed by atoms with Crippen LogP contribution in [0, 0.1) is 0 Å². The fourth-order valence-electron chi connectivity index (χ4n) is 1.54. The molecule has 0 saturated carbocycles. The summed E-state index contributed by atoms with van der Waals surface area (Å²) in [6.45, 7) is 1.27. The van der Waals surface area contributed by atoms with E-state index in [0.29, 0.717) is 10.6 Å². The van der Waals surface area contributed by atoms with Crippen LogP contribution in [0.1, 0.15) is 18.4 Å². The number of hydrogen-bond donors (Lipinski definition) is 1. The van der Waals surface area contributed by atoms with Crippen LogP contribution in [0.25, 0.3) is 0 Å². The lowest BCUT2D eigenvalue weighted by atomic mass is 10.2. The van der Waals surface area contributed by atoms with E-state index in [4.69, 9.17) is 27.6 Å². The van der Waals surface area contributed by atoms with Gasteiger partial charge in [-0.2, -0.15) is 0 Å². The molecule has 10 heteroatoms. The smallest absolute Gasteiger partial charge is 0.335 e. The van der Waals surface area contributed by atoms with E-state index in [-0.39, 0.29) is 23.4 Å². The first-order valence-corrected chi connectivity index (χ1v) is 8.42. The molecule has 0 unspecified atom stereocenters. The Kier molecular flexibility index (Phi) is 5.05. The van der Waals surface area contributed by atoms with Crippen LogP contribution in [0.3, 0.4) is 0 Å². The number of amides is 1. The van der Waals surface area contributed by atoms with Gasteiger partial charge < -0.3 is 9.73 Å². The molecule has 118 valence electrons. The van der Waals surface area contributed by atoms with Crippen LogP contribution in [-0.4, -0.2) is 24.5 Å². The van der Waals surface area contributed by atoms with E-state index < -0.39 is 20.8 Å². The molecule has 1 aromatic carbocycles. The number of benzene rings is 1. The number of carbonyl (C=O) groups excluding carboxylic acids is 1. The van der Waals surface area contributed by atoms with E-state index in [9.17, 15) is 13.2 Å². The second-order valence-corrected chi connectivity index (χ2v) is 7.08. The van der Waals surface area contributed by atoms with Gasteiger partial charge in [0.25, 0.3) is 0 Å². The third kappa shape index (κ3) is 4.19. The molecule has 0 aliphatic carbocycles. The van der Waals surface area contributed by atoms with Crippen LogP contribution in [0.4, 0.5) is 0 Å². The van der Waals surface area contributed by atoms with Crippen molar-refractivity contribution >= 4 is 38.9 Å². The van der Waals surface area contributed by atoms with Gasteiger partial charge in [0.05, 0.1) is 12.3 Å². The molecule has 0 aliphatic heterocycles. The zero-order chi connectivity index (χ0) is 16.3. The fourth-order valence-corrected chi connectivity index (χ4v) is 3.27. The minimum absolute atomic E-state index is 0.00372. The molecular formula is C12H11Cl2N3O4S. The summed E-state index contributed by atoms with van der Waals surface area (Å²) in [5.74, 6) is -0.698. The second kappa shape index (κ2) is 6.64. The Morgan fingerprint density at radius 2 is 2.05 bits per heavy atom. The number of hydrogen-bond acceptors (Lipinski definition) is 6. The van der Waals surface area contributed by atoms with Crippen LogP contribution in [0.15, 0.2) is 27.8 Å². The molecule has 0 spiro atoms. The van der Waals surface area contributed by atoms with Crippen molar-refractivity contribution in [1.29, 1.82) is 0 Å². The number of halogens is 2. The van der Waals surface area contributed by atoms with Crippen LogP contribution in [0.2, 0.25) is 10.0 Å². The summed E-state index contributed by atoms with van der Waals surface area (Å²) < 4.78 is 29.5. The molecule has 2 rings (SSSR count). The predicted octanol–water partition coefficient (Wildman–Crippen LogP) is 1.99. The highest BCUT2D eigenvalue weighted by Gasteiger charge is 2.24. The van der Waals surface area contributed by atoms with Crippen molar-refractivity contribution in [3.63, 3.8) is 0 Å². The monoisotopic (exact) mass is 363 g/mol. The quantitative estimate of drug-likeness (QED) is 0.871. The van der Waals surface area contributed by atoms with Gasteiger partial charge in [0.1, 0.15) is 0 Å². The topological polar surface area (TPSA) is 102 Å². The second-order valence-electron chi connectivity index (χ2n) is 4.37. The molecular weight excluding hydrogens is 353 g/mol. The lowest BCUT2D eigenvalue weighted by molar-refractivity contribution is -0.119. The highest BCUT2D eigenvalue weighted by atomic mass is 35.5. The highest BCUT2D eigenvalue weighted by molar-refractivity contribution is 7.90. The Morgan fingerprint density at radius 3 is 2.68 bits per heavy atom. The van der Waals surface area contributed by atoms with Gasteiger partial charge in [-0.1, -0.05) is 34.4 Å². The Balaban J connectivity index is 2.18. The van der Waals surface area contributed by atoms with Crippen molar-refractivity contribution in [3.05, 3.63) is 39.7 Å². The summed E-state index contributed by atoms with van der Waals surface area (Å²) in [7, 11) is -3.85. The van der Waals surface area contributed by atoms with Crippen LogP contribution in [0.5, 0.6) is 0 Å². The lowest BCUT2D eigenvalue weighted by Crippen LogP contribution is -2.19. The number of rotatable bonds is 5. The van der Waals surface area contributed by atoms with Crippen molar-refractivity contribution in [3.8, 4) is 0 Å². The zero-order valence-electron chi connectivity index (χ0n) is 11.3. The van der Waals surface area contributed by atoms with Gasteiger partial charge in [-0.3, -0.25) is 4.79 Å². The molecule has 22 heavy (non-hydrogen) atoms. The average Bonchev–Trinajstić information content (AvgIpc) is 2.89. The van der Waals surface area contributed by atoms with E-state index in [2.05, 4.69) is 15.5 Å². The molecule has 1 aromatic heterocycles. The van der Waals surface area contributed by atoms with Gasteiger partial charge in [-0.25, -0.2) is 8.42 Å². The summed E-state index contributed by atoms with van der Waals surface area (Å²) in [6, 6.07) is 4.50. The maximum atomic E-state index is 12.2. The van der Waals surface area contributed by atoms with E-state index in [1.165, 1.54) is 25.1 Å². The summed E-state index contributed by atoms with van der Waals surface area (Å²) in [4.78, 5) is 10.8. The van der Waals surface area contributed by atoms with Crippen LogP contribution < -0.4 is 5.32 Å². The zero-order valence-corrected chi connectivity index (χ0v) is 13.7. The van der Waals surface area contributed by atoms with Crippen molar-refractivity contribution in [2.24, 2.45) is 0 Å². The SMILES string of the molecule is CC(=O)NCc1nnc(S(=O)(=O)Cc2ccc(Cl)cc2Cl)o1. The molecule has 7 nitrogen and oxygen atoms in total. The first kappa shape index (κ1) is 16.7. The van der Waals surface area contributed by atoms with E-state index in [1.807, 2.05) is 0 Å². The molecule has 0 atom stereocenters. The van der Waals surface area contributed by atoms with Gasteiger partial charge in [-0.05, 0) is 17.7 Å². The van der Waals surface area contributed by atoms with Crippen molar-refractivity contribution in [2.75, 3.05) is 0 Å². The van der Waals surface area contributed by atoms with Crippen molar-refractivity contribution < 1.29 is 17.6 Å². The van der Waals surface area contributed by atoms with Crippen molar-refractivity contribution in [2.45, 2.75) is 24.4 Å². The van der Waals surface area contributed by atoms with Gasteiger partial charge in [0.2, 0.25) is 21.6 Å². The first-order chi connectivity index (χ1) is 10.3. The maximum Gasteiger partial charge on any atom is 0.335 e. The molecule has 1 heterocycles. The molecule has 0 saturated heterocycles. The highest BCUT2D eigenvalue weighted by Crippen LogP contribution is 2.24. The van der Waals surface area contributed by atoms with Crippen LogP contribution >= 0.6 is 23.2 Å². The van der Waals surface area contributed by atoms with Crippen LogP contribution in [-0.2, 0) is 26.9 Å². The van der Waals surface area contributed by atoms with Crippen molar-refractivity contribution in [1.82, 2.24) is 15.5 Å². The molecule has 0 bridgehead atoms. The summed E-state index contributed by atoms with van der Waals surface area (Å²) in [5, 5.41) is 9.58. The number of aromatic nitrogens is 2. The lowest BCUT2D eigenvalue weighted by Gasteiger charge is -2.03. The Labute approximate surface area is 136 Å². The Bertz CT molecular complexity index is 804. The van der Waals surface area contributed by atoms with Gasteiger partial charge in [0.15, 0.2) is 0 Å². The summed E-state index contributed by atoms with van der Waals surface area (Å²) in [5.41, 5.74) is 0.368. The number of carbonyl (C=O) groups is 1. The Hall–Kier alpha value is -1.64. The predicted molar refractivity (Wildman–Crippen MR) is 79.2 cm³/mol. The number of nitrogens with one attached hydrogen (secondary N) is 1. The Morgan fingerprint density at radius 1 is 1.32 bits per heavy atom. The van der Waals surface area contributed by atoms with Gasteiger partial charge in [0, 0.05) is 17.0 Å². The normalized spacial score (nSPS) is 11.4. The largest absolute Gasteiger partial charge is 0.411 e. The third-order valence-corrected chi connectivity index (χ3v) is 4.54. The number of nitrogens with zero attached hydrogens (tertiary/aromatic N) is 2. The van der Waals surface area contributed by atoms with E-state index >= 15 is 0 Å². The molecule has 1 amide bonds.